The van der Waals surface area contributed by atoms with Crippen molar-refractivity contribution >= 4 is 34.0 Å². The summed E-state index contributed by atoms with van der Waals surface area (Å²) in [7, 11) is 3.62. The molecule has 0 spiro atoms. The maximum Gasteiger partial charge on any atom is 0.162 e. The van der Waals surface area contributed by atoms with Crippen LogP contribution in [0.15, 0.2) is 36.7 Å². The molecule has 1 saturated carbocycles. The summed E-state index contributed by atoms with van der Waals surface area (Å²) in [6, 6.07) is 8.45. The molecular formula is C22H24ClFN4O2. The van der Waals surface area contributed by atoms with Gasteiger partial charge in [-0.1, -0.05) is 11.6 Å². The van der Waals surface area contributed by atoms with Crippen LogP contribution in [0.2, 0.25) is 5.02 Å². The summed E-state index contributed by atoms with van der Waals surface area (Å²) in [6.45, 7) is 0. The van der Waals surface area contributed by atoms with E-state index in [1.54, 1.807) is 13.2 Å². The van der Waals surface area contributed by atoms with Gasteiger partial charge in [-0.3, -0.25) is 0 Å². The second-order valence-electron chi connectivity index (χ2n) is 7.37. The molecular weight excluding hydrogens is 407 g/mol. The topological polar surface area (TPSA) is 68.3 Å². The number of rotatable bonds is 6. The molecule has 1 heterocycles. The molecule has 1 aliphatic rings. The van der Waals surface area contributed by atoms with Gasteiger partial charge in [-0.15, -0.1) is 0 Å². The van der Waals surface area contributed by atoms with Gasteiger partial charge in [0.05, 0.1) is 29.4 Å². The normalized spacial score (nSPS) is 18.9. The zero-order valence-electron chi connectivity index (χ0n) is 16.9. The van der Waals surface area contributed by atoms with E-state index in [0.29, 0.717) is 34.6 Å². The predicted octanol–water partition coefficient (Wildman–Crippen LogP) is 5.08. The number of methoxy groups -OCH3 is 1. The molecule has 6 nitrogen and oxygen atoms in total. The predicted molar refractivity (Wildman–Crippen MR) is 117 cm³/mol. The largest absolute Gasteiger partial charge is 0.493 e. The van der Waals surface area contributed by atoms with E-state index in [2.05, 4.69) is 20.6 Å². The Morgan fingerprint density at radius 2 is 1.87 bits per heavy atom. The second kappa shape index (κ2) is 9.02. The maximum atomic E-state index is 13.4. The number of fused-ring (bicyclic) bond motifs is 1. The van der Waals surface area contributed by atoms with Gasteiger partial charge in [-0.2, -0.15) is 0 Å². The van der Waals surface area contributed by atoms with Crippen molar-refractivity contribution in [3.05, 3.63) is 47.5 Å². The highest BCUT2D eigenvalue weighted by molar-refractivity contribution is 6.33. The van der Waals surface area contributed by atoms with E-state index in [4.69, 9.17) is 21.1 Å². The number of halogens is 2. The van der Waals surface area contributed by atoms with Crippen LogP contribution in [0.1, 0.15) is 25.7 Å². The standard InChI is InChI=1S/C22H24ClFN4O2/c1-25-14-4-6-15(7-5-14)30-21-10-16-19(11-20(21)29-2)26-12-27-22(16)28-18-8-3-13(24)9-17(18)23/h3,8-12,14-15,25H,4-7H2,1-2H3,(H,26,27,28). The van der Waals surface area contributed by atoms with Crippen molar-refractivity contribution in [3.8, 4) is 11.5 Å². The second-order valence-corrected chi connectivity index (χ2v) is 7.78. The molecule has 1 aliphatic carbocycles. The number of ether oxygens (including phenoxy) is 2. The molecule has 1 fully saturated rings. The molecule has 0 atom stereocenters. The van der Waals surface area contributed by atoms with Gasteiger partial charge in [-0.25, -0.2) is 14.4 Å². The van der Waals surface area contributed by atoms with Crippen molar-refractivity contribution in [3.63, 3.8) is 0 Å². The summed E-state index contributed by atoms with van der Waals surface area (Å²) in [5.41, 5.74) is 1.26. The number of hydrogen-bond acceptors (Lipinski definition) is 6. The third kappa shape index (κ3) is 4.42. The summed E-state index contributed by atoms with van der Waals surface area (Å²) >= 11 is 6.17. The van der Waals surface area contributed by atoms with E-state index >= 15 is 0 Å². The van der Waals surface area contributed by atoms with Crippen LogP contribution in [0.25, 0.3) is 10.9 Å². The molecule has 158 valence electrons. The van der Waals surface area contributed by atoms with Crippen LogP contribution in [0.5, 0.6) is 11.5 Å². The summed E-state index contributed by atoms with van der Waals surface area (Å²) in [5.74, 6) is 1.44. The van der Waals surface area contributed by atoms with Crippen LogP contribution in [-0.2, 0) is 0 Å². The first-order chi connectivity index (χ1) is 14.6. The lowest BCUT2D eigenvalue weighted by molar-refractivity contribution is 0.137. The molecule has 0 saturated heterocycles. The van der Waals surface area contributed by atoms with Crippen molar-refractivity contribution in [2.45, 2.75) is 37.8 Å². The zero-order valence-corrected chi connectivity index (χ0v) is 17.7. The van der Waals surface area contributed by atoms with Crippen LogP contribution < -0.4 is 20.1 Å². The van der Waals surface area contributed by atoms with E-state index in [1.165, 1.54) is 18.5 Å². The van der Waals surface area contributed by atoms with Gasteiger partial charge in [0.15, 0.2) is 11.5 Å². The average molecular weight is 431 g/mol. The Kier molecular flexibility index (Phi) is 6.20. The first kappa shape index (κ1) is 20.6. The van der Waals surface area contributed by atoms with Crippen molar-refractivity contribution in [2.75, 3.05) is 19.5 Å². The van der Waals surface area contributed by atoms with Gasteiger partial charge in [0, 0.05) is 17.5 Å². The van der Waals surface area contributed by atoms with E-state index in [9.17, 15) is 4.39 Å². The van der Waals surface area contributed by atoms with E-state index in [-0.39, 0.29) is 11.1 Å². The first-order valence-electron chi connectivity index (χ1n) is 9.96. The highest BCUT2D eigenvalue weighted by Gasteiger charge is 2.23. The van der Waals surface area contributed by atoms with Crippen LogP contribution in [0.3, 0.4) is 0 Å². The lowest BCUT2D eigenvalue weighted by atomic mass is 9.93. The highest BCUT2D eigenvalue weighted by Crippen LogP contribution is 2.37. The Balaban J connectivity index is 1.65. The lowest BCUT2D eigenvalue weighted by Crippen LogP contribution is -2.34. The molecule has 2 aromatic carbocycles. The van der Waals surface area contributed by atoms with Crippen LogP contribution >= 0.6 is 11.6 Å². The fraction of sp³-hybridized carbons (Fsp3) is 0.364. The molecule has 30 heavy (non-hydrogen) atoms. The van der Waals surface area contributed by atoms with Crippen molar-refractivity contribution in [1.29, 1.82) is 0 Å². The summed E-state index contributed by atoms with van der Waals surface area (Å²) in [5, 5.41) is 7.54. The fourth-order valence-electron chi connectivity index (χ4n) is 3.78. The Bertz CT molecular complexity index is 1040. The smallest absolute Gasteiger partial charge is 0.162 e. The number of anilines is 2. The van der Waals surface area contributed by atoms with Crippen molar-refractivity contribution in [1.82, 2.24) is 15.3 Å². The monoisotopic (exact) mass is 430 g/mol. The Labute approximate surface area is 179 Å². The number of nitrogens with one attached hydrogen (secondary N) is 2. The first-order valence-corrected chi connectivity index (χ1v) is 10.3. The van der Waals surface area contributed by atoms with Gasteiger partial charge in [0.25, 0.3) is 0 Å². The number of benzene rings is 2. The van der Waals surface area contributed by atoms with Gasteiger partial charge in [-0.05, 0) is 57.0 Å². The van der Waals surface area contributed by atoms with Crippen molar-refractivity contribution in [2.24, 2.45) is 0 Å². The van der Waals surface area contributed by atoms with Gasteiger partial charge < -0.3 is 20.1 Å². The van der Waals surface area contributed by atoms with E-state index in [1.807, 2.05) is 19.2 Å². The van der Waals surface area contributed by atoms with E-state index in [0.717, 1.165) is 31.1 Å². The summed E-state index contributed by atoms with van der Waals surface area (Å²) < 4.78 is 25.2. The number of nitrogens with zero attached hydrogens (tertiary/aromatic N) is 2. The molecule has 0 bridgehead atoms. The molecule has 2 N–H and O–H groups in total. The highest BCUT2D eigenvalue weighted by atomic mass is 35.5. The molecule has 0 unspecified atom stereocenters. The van der Waals surface area contributed by atoms with Crippen LogP contribution in [0.4, 0.5) is 15.9 Å². The molecule has 3 aromatic rings. The van der Waals surface area contributed by atoms with E-state index < -0.39 is 5.82 Å². The lowest BCUT2D eigenvalue weighted by Gasteiger charge is -2.29. The van der Waals surface area contributed by atoms with Crippen molar-refractivity contribution < 1.29 is 13.9 Å². The summed E-state index contributed by atoms with van der Waals surface area (Å²) in [4.78, 5) is 8.70. The minimum Gasteiger partial charge on any atom is -0.493 e. The third-order valence-corrected chi connectivity index (χ3v) is 5.79. The van der Waals surface area contributed by atoms with Crippen LogP contribution in [-0.4, -0.2) is 36.3 Å². The minimum atomic E-state index is -0.397. The quantitative estimate of drug-likeness (QED) is 0.568. The molecule has 4 rings (SSSR count). The van der Waals surface area contributed by atoms with Gasteiger partial charge >= 0.3 is 0 Å². The zero-order chi connectivity index (χ0) is 21.1. The number of hydrogen-bond donors (Lipinski definition) is 2. The molecule has 0 radical (unpaired) electrons. The Morgan fingerprint density at radius 3 is 2.57 bits per heavy atom. The Hall–Kier alpha value is -2.64. The van der Waals surface area contributed by atoms with Crippen LogP contribution in [0, 0.1) is 5.82 Å². The molecule has 1 aromatic heterocycles. The Morgan fingerprint density at radius 1 is 1.07 bits per heavy atom. The maximum absolute atomic E-state index is 13.4. The van der Waals surface area contributed by atoms with Gasteiger partial charge in [0.2, 0.25) is 0 Å². The molecule has 0 amide bonds. The fourth-order valence-corrected chi connectivity index (χ4v) is 4.00. The molecule has 8 heteroatoms. The minimum absolute atomic E-state index is 0.133. The third-order valence-electron chi connectivity index (χ3n) is 5.48. The van der Waals surface area contributed by atoms with Gasteiger partial charge in [0.1, 0.15) is 18.0 Å². The average Bonchev–Trinajstić information content (AvgIpc) is 2.76. The summed E-state index contributed by atoms with van der Waals surface area (Å²) in [6.07, 6.45) is 5.71. The number of aromatic nitrogens is 2. The SMILES string of the molecule is CNC1CCC(Oc2cc3c(Nc4ccc(F)cc4Cl)ncnc3cc2OC)CC1. The molecule has 0 aliphatic heterocycles.